The fraction of sp³-hybridized carbons (Fsp3) is 0.909. The molecule has 26 heavy (non-hydrogen) atoms. The minimum absolute atomic E-state index is 0.510. The maximum Gasteiger partial charge on any atom is 0.378 e. The number of rotatable bonds is 18. The van der Waals surface area contributed by atoms with Crippen LogP contribution in [0.15, 0.2) is 12.7 Å². The Hall–Kier alpha value is -0.400. The van der Waals surface area contributed by atoms with Crippen molar-refractivity contribution >= 4 is 7.68 Å². The highest BCUT2D eigenvalue weighted by molar-refractivity contribution is 7.32. The van der Waals surface area contributed by atoms with Crippen molar-refractivity contribution in [2.24, 2.45) is 0 Å². The van der Waals surface area contributed by atoms with Gasteiger partial charge in [0.15, 0.2) is 0 Å². The van der Waals surface area contributed by atoms with Crippen molar-refractivity contribution in [3.8, 4) is 0 Å². The van der Waals surface area contributed by atoms with Gasteiger partial charge in [-0.1, -0.05) is 77.2 Å². The molecule has 0 saturated heterocycles. The van der Waals surface area contributed by atoms with Gasteiger partial charge in [0.25, 0.3) is 0 Å². The van der Waals surface area contributed by atoms with Crippen LogP contribution in [0, 0.1) is 0 Å². The summed E-state index contributed by atoms with van der Waals surface area (Å²) < 4.78 is 24.3. The van der Waals surface area contributed by atoms with Gasteiger partial charge in [-0.3, -0.25) is 0 Å². The zero-order valence-corrected chi connectivity index (χ0v) is 19.0. The summed E-state index contributed by atoms with van der Waals surface area (Å²) in [6.45, 7) is 5.77. The highest BCUT2D eigenvalue weighted by Crippen LogP contribution is 2.43. The van der Waals surface area contributed by atoms with E-state index in [2.05, 4.69) is 6.58 Å². The molecule has 0 rings (SSSR count). The van der Waals surface area contributed by atoms with E-state index in [9.17, 15) is 9.13 Å². The van der Waals surface area contributed by atoms with Gasteiger partial charge in [-0.05, 0) is 19.3 Å². The maximum absolute atomic E-state index is 11.9. The van der Waals surface area contributed by atoms with E-state index in [0.29, 0.717) is 10.9 Å². The minimum atomic E-state index is -2.41. The Bertz CT molecular complexity index is 418. The van der Waals surface area contributed by atoms with E-state index in [0.717, 1.165) is 19.3 Å². The van der Waals surface area contributed by atoms with Gasteiger partial charge in [-0.25, -0.2) is 9.13 Å². The third-order valence-corrected chi connectivity index (χ3v) is 7.71. The summed E-state index contributed by atoms with van der Waals surface area (Å²) in [6.07, 6.45) is 20.3. The normalized spacial score (nSPS) is 14.2. The number of quaternary nitrogens is 1. The first-order chi connectivity index (χ1) is 12.3. The lowest BCUT2D eigenvalue weighted by Gasteiger charge is -2.40. The predicted octanol–water partition coefficient (Wildman–Crippen LogP) is 7.62. The molecule has 0 bridgehead atoms. The van der Waals surface area contributed by atoms with Crippen LogP contribution in [-0.2, 0) is 9.13 Å². The molecule has 0 saturated carbocycles. The van der Waals surface area contributed by atoms with Crippen molar-refractivity contribution < 1.29 is 13.6 Å². The molecule has 1 unspecified atom stereocenters. The Labute approximate surface area is 164 Å². The first kappa shape index (κ1) is 25.6. The summed E-state index contributed by atoms with van der Waals surface area (Å²) >= 11 is 0. The van der Waals surface area contributed by atoms with Crippen molar-refractivity contribution in [1.82, 2.24) is 0 Å². The van der Waals surface area contributed by atoms with Crippen LogP contribution in [0.25, 0.3) is 0 Å². The molecule has 0 fully saturated rings. The quantitative estimate of drug-likeness (QED) is 0.105. The number of hydrogen-bond acceptors (Lipinski definition) is 2. The largest absolute Gasteiger partial charge is 0.378 e. The smallest absolute Gasteiger partial charge is 0.314 e. The number of unbranched alkanes of at least 4 members (excludes halogenated alkanes) is 12. The van der Waals surface area contributed by atoms with Crippen molar-refractivity contribution in [2.75, 3.05) is 21.1 Å². The molecule has 0 spiro atoms. The van der Waals surface area contributed by atoms with E-state index in [1.807, 2.05) is 34.1 Å². The number of allylic oxidation sites excluding steroid dienone is 1. The Morgan fingerprint density at radius 3 is 1.46 bits per heavy atom. The summed E-state index contributed by atoms with van der Waals surface area (Å²) in [5.41, 5.74) is 0. The lowest BCUT2D eigenvalue weighted by molar-refractivity contribution is -0.908. The molecule has 0 aliphatic rings. The van der Waals surface area contributed by atoms with Crippen LogP contribution in [0.4, 0.5) is 0 Å². The molecule has 0 radical (unpaired) electrons. The number of hydrogen-bond donors (Lipinski definition) is 0. The molecule has 0 heterocycles. The van der Waals surface area contributed by atoms with E-state index in [1.54, 1.807) is 0 Å². The number of nitrogens with zero attached hydrogens (tertiary/aromatic N) is 1. The van der Waals surface area contributed by atoms with Crippen molar-refractivity contribution in [1.29, 1.82) is 0 Å². The van der Waals surface area contributed by atoms with E-state index < -0.39 is 13.0 Å². The zero-order chi connectivity index (χ0) is 19.9. The second-order valence-electron chi connectivity index (χ2n) is 8.68. The monoisotopic (exact) mass is 386 g/mol. The summed E-state index contributed by atoms with van der Waals surface area (Å²) in [5, 5.41) is -0.596. The van der Waals surface area contributed by atoms with E-state index in [1.165, 1.54) is 70.6 Å². The molecule has 0 aliphatic carbocycles. The topological polar surface area (TPSA) is 34.1 Å². The molecule has 0 aromatic carbocycles. The van der Waals surface area contributed by atoms with Crippen LogP contribution < -0.4 is 0 Å². The average molecular weight is 387 g/mol. The Balaban J connectivity index is 3.68. The lowest BCUT2D eigenvalue weighted by Crippen LogP contribution is -2.53. The fourth-order valence-corrected chi connectivity index (χ4v) is 5.01. The first-order valence-corrected chi connectivity index (χ1v) is 12.1. The second-order valence-corrected chi connectivity index (χ2v) is 10.0. The van der Waals surface area contributed by atoms with Crippen molar-refractivity contribution in [2.45, 2.75) is 109 Å². The minimum Gasteiger partial charge on any atom is -0.314 e. The van der Waals surface area contributed by atoms with Gasteiger partial charge in [0.05, 0.1) is 21.1 Å². The highest BCUT2D eigenvalue weighted by atomic mass is 31.1. The molecule has 1 atom stereocenters. The Morgan fingerprint density at radius 1 is 0.769 bits per heavy atom. The summed E-state index contributed by atoms with van der Waals surface area (Å²) in [7, 11) is 3.61. The third-order valence-electron chi connectivity index (χ3n) is 5.89. The fourth-order valence-electron chi connectivity index (χ4n) is 3.92. The molecule has 0 aromatic heterocycles. The van der Waals surface area contributed by atoms with Gasteiger partial charge in [-0.15, -0.1) is 6.58 Å². The molecule has 0 aromatic rings. The second kappa shape index (κ2) is 14.6. The van der Waals surface area contributed by atoms with Crippen LogP contribution in [-0.4, -0.2) is 30.9 Å². The van der Waals surface area contributed by atoms with Crippen LogP contribution in [0.1, 0.15) is 103 Å². The Kier molecular flexibility index (Phi) is 14.4. The van der Waals surface area contributed by atoms with Gasteiger partial charge < -0.3 is 4.48 Å². The average Bonchev–Trinajstić information content (AvgIpc) is 2.57. The molecular formula is C22H45NO2P+. The molecule has 0 N–H and O–H groups in total. The van der Waals surface area contributed by atoms with Gasteiger partial charge in [-0.2, -0.15) is 0 Å². The van der Waals surface area contributed by atoms with Crippen molar-refractivity contribution in [3.63, 3.8) is 0 Å². The van der Waals surface area contributed by atoms with Gasteiger partial charge in [0.1, 0.15) is 0 Å². The Morgan fingerprint density at radius 2 is 1.15 bits per heavy atom. The van der Waals surface area contributed by atoms with Crippen LogP contribution in [0.2, 0.25) is 0 Å². The SMILES string of the molecule is C=CCCCCCCCCCCCCCCC(CC)(P(=O)=O)[N+](C)(C)C. The van der Waals surface area contributed by atoms with Crippen LogP contribution in [0.3, 0.4) is 0 Å². The maximum atomic E-state index is 11.9. The van der Waals surface area contributed by atoms with Crippen LogP contribution >= 0.6 is 7.68 Å². The summed E-state index contributed by atoms with van der Waals surface area (Å²) in [4.78, 5) is 0. The van der Waals surface area contributed by atoms with Crippen LogP contribution in [0.5, 0.6) is 0 Å². The highest BCUT2D eigenvalue weighted by Gasteiger charge is 2.46. The summed E-state index contributed by atoms with van der Waals surface area (Å²) in [5.74, 6) is 0. The van der Waals surface area contributed by atoms with Gasteiger partial charge in [0, 0.05) is 12.8 Å². The lowest BCUT2D eigenvalue weighted by atomic mass is 10.0. The molecular weight excluding hydrogens is 341 g/mol. The molecule has 154 valence electrons. The standard InChI is InChI=1S/C22H45NO2P/c1-6-8-9-10-11-12-13-14-15-16-17-18-19-20-21-22(7-2,26(24)25)23(3,4)5/h6H,1,7-21H2,2-5H3/q+1. The van der Waals surface area contributed by atoms with Gasteiger partial charge in [0.2, 0.25) is 5.28 Å². The van der Waals surface area contributed by atoms with E-state index in [-0.39, 0.29) is 0 Å². The molecule has 0 amide bonds. The van der Waals surface area contributed by atoms with E-state index in [4.69, 9.17) is 0 Å². The zero-order valence-electron chi connectivity index (χ0n) is 18.1. The van der Waals surface area contributed by atoms with Crippen molar-refractivity contribution in [3.05, 3.63) is 12.7 Å². The predicted molar refractivity (Wildman–Crippen MR) is 114 cm³/mol. The molecule has 0 aliphatic heterocycles. The summed E-state index contributed by atoms with van der Waals surface area (Å²) in [6, 6.07) is 0. The van der Waals surface area contributed by atoms with E-state index >= 15 is 0 Å². The molecule has 4 heteroatoms. The molecule has 3 nitrogen and oxygen atoms in total. The van der Waals surface area contributed by atoms with Gasteiger partial charge >= 0.3 is 7.68 Å². The first-order valence-electron chi connectivity index (χ1n) is 10.9. The third kappa shape index (κ3) is 10.1.